The van der Waals surface area contributed by atoms with E-state index in [-0.39, 0.29) is 17.5 Å². The second-order valence-electron chi connectivity index (χ2n) is 4.55. The number of phenols is 2. The molecule has 0 aromatic heterocycles. The number of aromatic hydroxyl groups is 2. The van der Waals surface area contributed by atoms with E-state index in [1.165, 1.54) is 0 Å². The lowest BCUT2D eigenvalue weighted by Gasteiger charge is -2.10. The second-order valence-corrected chi connectivity index (χ2v) is 4.55. The molecule has 96 valence electrons. The minimum atomic E-state index is 0.0789. The molecular formula is C15H14N2O2. The van der Waals surface area contributed by atoms with Gasteiger partial charge in [0.15, 0.2) is 0 Å². The quantitative estimate of drug-likeness (QED) is 0.771. The van der Waals surface area contributed by atoms with Gasteiger partial charge < -0.3 is 15.6 Å². The third-order valence-electron chi connectivity index (χ3n) is 3.26. The van der Waals surface area contributed by atoms with Crippen LogP contribution < -0.4 is 5.43 Å². The van der Waals surface area contributed by atoms with Crippen molar-refractivity contribution in [3.8, 4) is 11.5 Å². The SMILES string of the molecule is Oc1ccc(C2CC(c3ccccc3O)=NN2)cc1. The third-order valence-corrected chi connectivity index (χ3v) is 3.26. The maximum Gasteiger partial charge on any atom is 0.124 e. The van der Waals surface area contributed by atoms with Crippen LogP contribution in [-0.4, -0.2) is 15.9 Å². The van der Waals surface area contributed by atoms with Crippen LogP contribution in [0.15, 0.2) is 53.6 Å². The summed E-state index contributed by atoms with van der Waals surface area (Å²) >= 11 is 0. The molecule has 2 aromatic carbocycles. The molecule has 0 spiro atoms. The van der Waals surface area contributed by atoms with Gasteiger partial charge in [-0.3, -0.25) is 0 Å². The van der Waals surface area contributed by atoms with Crippen molar-refractivity contribution in [3.63, 3.8) is 0 Å². The van der Waals surface area contributed by atoms with E-state index in [0.717, 1.165) is 16.8 Å². The Balaban J connectivity index is 1.80. The molecule has 1 atom stereocenters. The van der Waals surface area contributed by atoms with Gasteiger partial charge in [-0.2, -0.15) is 5.10 Å². The topological polar surface area (TPSA) is 64.8 Å². The third kappa shape index (κ3) is 2.25. The first-order chi connectivity index (χ1) is 9.24. The molecule has 0 saturated heterocycles. The van der Waals surface area contributed by atoms with Gasteiger partial charge in [0.2, 0.25) is 0 Å². The number of phenolic OH excluding ortho intramolecular Hbond substituents is 2. The largest absolute Gasteiger partial charge is 0.508 e. The van der Waals surface area contributed by atoms with Gasteiger partial charge >= 0.3 is 0 Å². The van der Waals surface area contributed by atoms with E-state index < -0.39 is 0 Å². The van der Waals surface area contributed by atoms with E-state index in [0.29, 0.717) is 6.42 Å². The standard InChI is InChI=1S/C15H14N2O2/c18-11-7-5-10(6-8-11)13-9-14(17-16-13)12-3-1-2-4-15(12)19/h1-8,13,16,18-19H,9H2. The molecule has 19 heavy (non-hydrogen) atoms. The average Bonchev–Trinajstić information content (AvgIpc) is 2.89. The number of hydrogen-bond acceptors (Lipinski definition) is 4. The van der Waals surface area contributed by atoms with Crippen molar-refractivity contribution in [1.82, 2.24) is 5.43 Å². The number of benzene rings is 2. The molecule has 1 unspecified atom stereocenters. The van der Waals surface area contributed by atoms with E-state index in [9.17, 15) is 10.2 Å². The molecule has 0 fully saturated rings. The molecule has 4 nitrogen and oxygen atoms in total. The summed E-state index contributed by atoms with van der Waals surface area (Å²) < 4.78 is 0. The molecular weight excluding hydrogens is 240 g/mol. The number of hydrogen-bond donors (Lipinski definition) is 3. The summed E-state index contributed by atoms with van der Waals surface area (Å²) in [6, 6.07) is 14.3. The highest BCUT2D eigenvalue weighted by molar-refractivity contribution is 6.03. The highest BCUT2D eigenvalue weighted by atomic mass is 16.3. The fourth-order valence-electron chi connectivity index (χ4n) is 2.23. The molecule has 0 aliphatic carbocycles. The van der Waals surface area contributed by atoms with Crippen LogP contribution in [0.2, 0.25) is 0 Å². The summed E-state index contributed by atoms with van der Waals surface area (Å²) in [5.41, 5.74) is 5.73. The Morgan fingerprint density at radius 1 is 1.00 bits per heavy atom. The van der Waals surface area contributed by atoms with E-state index in [2.05, 4.69) is 10.5 Å². The minimum absolute atomic E-state index is 0.0789. The molecule has 3 N–H and O–H groups in total. The summed E-state index contributed by atoms with van der Waals surface area (Å²) in [4.78, 5) is 0. The maximum absolute atomic E-state index is 9.82. The Morgan fingerprint density at radius 3 is 2.47 bits per heavy atom. The molecule has 0 bridgehead atoms. The zero-order chi connectivity index (χ0) is 13.2. The van der Waals surface area contributed by atoms with Crippen LogP contribution in [0.5, 0.6) is 11.5 Å². The van der Waals surface area contributed by atoms with Crippen LogP contribution >= 0.6 is 0 Å². The predicted octanol–water partition coefficient (Wildman–Crippen LogP) is 2.54. The second kappa shape index (κ2) is 4.65. The van der Waals surface area contributed by atoms with Gasteiger partial charge in [0.25, 0.3) is 0 Å². The Hall–Kier alpha value is -2.49. The molecule has 2 aromatic rings. The monoisotopic (exact) mass is 254 g/mol. The van der Waals surface area contributed by atoms with Crippen molar-refractivity contribution < 1.29 is 10.2 Å². The van der Waals surface area contributed by atoms with Crippen LogP contribution in [-0.2, 0) is 0 Å². The van der Waals surface area contributed by atoms with Crippen LogP contribution in [0.3, 0.4) is 0 Å². The van der Waals surface area contributed by atoms with Crippen molar-refractivity contribution in [2.45, 2.75) is 12.5 Å². The zero-order valence-electron chi connectivity index (χ0n) is 10.2. The van der Waals surface area contributed by atoms with E-state index in [4.69, 9.17) is 0 Å². The van der Waals surface area contributed by atoms with Gasteiger partial charge in [-0.25, -0.2) is 0 Å². The Labute approximate surface area is 111 Å². The molecule has 1 aliphatic heterocycles. The van der Waals surface area contributed by atoms with Crippen LogP contribution in [0.1, 0.15) is 23.6 Å². The average molecular weight is 254 g/mol. The summed E-state index contributed by atoms with van der Waals surface area (Å²) in [6.07, 6.45) is 0.711. The van der Waals surface area contributed by atoms with E-state index >= 15 is 0 Å². The molecule has 0 radical (unpaired) electrons. The fourth-order valence-corrected chi connectivity index (χ4v) is 2.23. The van der Waals surface area contributed by atoms with Gasteiger partial charge in [-0.1, -0.05) is 24.3 Å². The van der Waals surface area contributed by atoms with Crippen LogP contribution in [0.25, 0.3) is 0 Å². The summed E-state index contributed by atoms with van der Waals surface area (Å²) in [5.74, 6) is 0.498. The number of para-hydroxylation sites is 1. The molecule has 0 amide bonds. The highest BCUT2D eigenvalue weighted by Crippen LogP contribution is 2.28. The number of hydrazone groups is 1. The Morgan fingerprint density at radius 2 is 1.74 bits per heavy atom. The number of nitrogens with zero attached hydrogens (tertiary/aromatic N) is 1. The lowest BCUT2D eigenvalue weighted by Crippen LogP contribution is -2.09. The number of rotatable bonds is 2. The smallest absolute Gasteiger partial charge is 0.124 e. The van der Waals surface area contributed by atoms with Gasteiger partial charge in [0.05, 0.1) is 11.8 Å². The van der Waals surface area contributed by atoms with Gasteiger partial charge in [-0.05, 0) is 29.8 Å². The van der Waals surface area contributed by atoms with Crippen molar-refractivity contribution in [3.05, 3.63) is 59.7 Å². The van der Waals surface area contributed by atoms with Crippen LogP contribution in [0.4, 0.5) is 0 Å². The van der Waals surface area contributed by atoms with Crippen molar-refractivity contribution >= 4 is 5.71 Å². The van der Waals surface area contributed by atoms with Gasteiger partial charge in [-0.15, -0.1) is 0 Å². The highest BCUT2D eigenvalue weighted by Gasteiger charge is 2.22. The Kier molecular flexibility index (Phi) is 2.83. The molecule has 4 heteroatoms. The van der Waals surface area contributed by atoms with Crippen LogP contribution in [0, 0.1) is 0 Å². The zero-order valence-corrected chi connectivity index (χ0v) is 10.2. The first-order valence-electron chi connectivity index (χ1n) is 6.13. The fraction of sp³-hybridized carbons (Fsp3) is 0.133. The number of nitrogens with one attached hydrogen (secondary N) is 1. The summed E-state index contributed by atoms with van der Waals surface area (Å²) in [7, 11) is 0. The lowest BCUT2D eigenvalue weighted by atomic mass is 9.98. The molecule has 1 heterocycles. The van der Waals surface area contributed by atoms with Crippen molar-refractivity contribution in [2.24, 2.45) is 5.10 Å². The minimum Gasteiger partial charge on any atom is -0.508 e. The molecule has 1 aliphatic rings. The van der Waals surface area contributed by atoms with Crippen molar-refractivity contribution in [1.29, 1.82) is 0 Å². The molecule has 3 rings (SSSR count). The lowest BCUT2D eigenvalue weighted by molar-refractivity contribution is 0.474. The first-order valence-corrected chi connectivity index (χ1v) is 6.13. The van der Waals surface area contributed by atoms with Gasteiger partial charge in [0.1, 0.15) is 11.5 Å². The van der Waals surface area contributed by atoms with E-state index in [1.807, 2.05) is 24.3 Å². The Bertz CT molecular complexity index is 620. The molecule has 0 saturated carbocycles. The summed E-state index contributed by atoms with van der Waals surface area (Å²) in [5, 5.41) is 23.4. The van der Waals surface area contributed by atoms with Gasteiger partial charge in [0, 0.05) is 12.0 Å². The van der Waals surface area contributed by atoms with Crippen molar-refractivity contribution in [2.75, 3.05) is 0 Å². The predicted molar refractivity (Wildman–Crippen MR) is 73.2 cm³/mol. The normalized spacial score (nSPS) is 17.9. The van der Waals surface area contributed by atoms with E-state index in [1.54, 1.807) is 24.3 Å². The first kappa shape index (κ1) is 11.6. The summed E-state index contributed by atoms with van der Waals surface area (Å²) in [6.45, 7) is 0. The maximum atomic E-state index is 9.82.